The van der Waals surface area contributed by atoms with Crippen LogP contribution in [0.4, 0.5) is 5.69 Å². The largest absolute Gasteiger partial charge is 0.386 e. The van der Waals surface area contributed by atoms with Crippen LogP contribution in [0.1, 0.15) is 9.67 Å². The summed E-state index contributed by atoms with van der Waals surface area (Å²) in [6.45, 7) is 0. The van der Waals surface area contributed by atoms with Gasteiger partial charge in [-0.15, -0.1) is 22.9 Å². The number of amidine groups is 1. The lowest BCUT2D eigenvalue weighted by Gasteiger charge is -2.06. The molecule has 2 rings (SSSR count). The van der Waals surface area contributed by atoms with E-state index in [-0.39, 0.29) is 11.8 Å². The molecule has 1 aromatic carbocycles. The number of hydrogen-bond acceptors (Lipinski definition) is 3. The Morgan fingerprint density at radius 2 is 2.16 bits per heavy atom. The summed E-state index contributed by atoms with van der Waals surface area (Å²) >= 11 is 7.07. The van der Waals surface area contributed by atoms with Gasteiger partial charge in [-0.3, -0.25) is 4.79 Å². The Morgan fingerprint density at radius 3 is 2.79 bits per heavy atom. The average Bonchev–Trinajstić information content (AvgIpc) is 2.80. The molecule has 0 saturated heterocycles. The first-order valence-electron chi connectivity index (χ1n) is 5.65. The first-order valence-corrected chi connectivity index (χ1v) is 7.00. The number of nitrogens with zero attached hydrogens (tertiary/aromatic N) is 2. The Morgan fingerprint density at radius 1 is 1.42 bits per heavy atom. The van der Waals surface area contributed by atoms with E-state index in [1.54, 1.807) is 19.0 Å². The number of carbonyl (C=O) groups excluding carboxylic acids is 1. The third kappa shape index (κ3) is 3.05. The van der Waals surface area contributed by atoms with Gasteiger partial charge in [0.2, 0.25) is 0 Å². The zero-order chi connectivity index (χ0) is 14.0. The van der Waals surface area contributed by atoms with Gasteiger partial charge in [0.25, 0.3) is 5.91 Å². The molecule has 1 aromatic heterocycles. The van der Waals surface area contributed by atoms with Gasteiger partial charge in [0.15, 0.2) is 0 Å². The van der Waals surface area contributed by atoms with Gasteiger partial charge in [-0.05, 0) is 29.7 Å². The Kier molecular flexibility index (Phi) is 4.07. The highest BCUT2D eigenvalue weighted by atomic mass is 35.5. The first-order chi connectivity index (χ1) is 9.01. The van der Waals surface area contributed by atoms with Crippen LogP contribution >= 0.6 is 22.9 Å². The van der Waals surface area contributed by atoms with Crippen molar-refractivity contribution in [2.24, 2.45) is 10.7 Å². The number of thiophene rings is 1. The Balaban J connectivity index is 2.41. The average molecular weight is 296 g/mol. The fourth-order valence-electron chi connectivity index (χ4n) is 1.62. The summed E-state index contributed by atoms with van der Waals surface area (Å²) in [5.74, 6) is 0.582. The van der Waals surface area contributed by atoms with Crippen molar-refractivity contribution in [2.75, 3.05) is 20.0 Å². The van der Waals surface area contributed by atoms with E-state index in [1.165, 1.54) is 11.3 Å². The summed E-state index contributed by atoms with van der Waals surface area (Å²) in [7, 11) is 3.48. The summed E-state index contributed by atoms with van der Waals surface area (Å²) in [6, 6.07) is 7.57. The SMILES string of the molecule is CN(C)C(=O)c1cc2cc(N=C(N)CCl)ccc2s1. The molecule has 0 radical (unpaired) electrons. The van der Waals surface area contributed by atoms with Gasteiger partial charge in [0.05, 0.1) is 16.4 Å². The number of fused-ring (bicyclic) bond motifs is 1. The number of benzene rings is 1. The molecule has 0 fully saturated rings. The van der Waals surface area contributed by atoms with Gasteiger partial charge in [-0.25, -0.2) is 4.99 Å². The van der Waals surface area contributed by atoms with Crippen molar-refractivity contribution in [3.8, 4) is 0 Å². The lowest BCUT2D eigenvalue weighted by molar-refractivity contribution is 0.0832. The maximum Gasteiger partial charge on any atom is 0.263 e. The molecule has 0 aliphatic rings. The van der Waals surface area contributed by atoms with Crippen LogP contribution in [0, 0.1) is 0 Å². The number of amides is 1. The minimum atomic E-state index is 0.00604. The van der Waals surface area contributed by atoms with Gasteiger partial charge in [-0.2, -0.15) is 0 Å². The second kappa shape index (κ2) is 5.59. The molecule has 0 spiro atoms. The van der Waals surface area contributed by atoms with E-state index in [4.69, 9.17) is 17.3 Å². The molecule has 0 bridgehead atoms. The maximum absolute atomic E-state index is 11.9. The minimum Gasteiger partial charge on any atom is -0.386 e. The predicted octanol–water partition coefficient (Wildman–Crippen LogP) is 2.83. The van der Waals surface area contributed by atoms with E-state index in [9.17, 15) is 4.79 Å². The smallest absolute Gasteiger partial charge is 0.263 e. The van der Waals surface area contributed by atoms with Crippen molar-refractivity contribution in [2.45, 2.75) is 0 Å². The standard InChI is InChI=1S/C13H14ClN3OS/c1-17(2)13(18)11-6-8-5-9(16-12(15)7-14)3-4-10(8)19-11/h3-6H,7H2,1-2H3,(H2,15,16). The first kappa shape index (κ1) is 13.8. The molecule has 0 unspecified atom stereocenters. The zero-order valence-electron chi connectivity index (χ0n) is 10.7. The second-order valence-corrected chi connectivity index (χ2v) is 5.62. The summed E-state index contributed by atoms with van der Waals surface area (Å²) < 4.78 is 1.05. The monoisotopic (exact) mass is 295 g/mol. The molecule has 0 aliphatic carbocycles. The summed E-state index contributed by atoms with van der Waals surface area (Å²) in [4.78, 5) is 18.4. The van der Waals surface area contributed by atoms with Crippen LogP contribution in [-0.2, 0) is 0 Å². The zero-order valence-corrected chi connectivity index (χ0v) is 12.3. The Hall–Kier alpha value is -1.59. The summed E-state index contributed by atoms with van der Waals surface area (Å²) in [5, 5.41) is 0.985. The molecule has 4 nitrogen and oxygen atoms in total. The van der Waals surface area contributed by atoms with Gasteiger partial charge in [0, 0.05) is 18.8 Å². The lowest BCUT2D eigenvalue weighted by Crippen LogP contribution is -2.20. The number of nitrogens with two attached hydrogens (primary N) is 1. The van der Waals surface area contributed by atoms with Crippen LogP contribution in [0.2, 0.25) is 0 Å². The van der Waals surface area contributed by atoms with Crippen molar-refractivity contribution in [3.63, 3.8) is 0 Å². The van der Waals surface area contributed by atoms with E-state index in [0.29, 0.717) is 10.7 Å². The number of hydrogen-bond donors (Lipinski definition) is 1. The molecule has 100 valence electrons. The lowest BCUT2D eigenvalue weighted by atomic mass is 10.2. The van der Waals surface area contributed by atoms with Gasteiger partial charge < -0.3 is 10.6 Å². The van der Waals surface area contributed by atoms with Gasteiger partial charge in [0.1, 0.15) is 5.84 Å². The molecular weight excluding hydrogens is 282 g/mol. The van der Waals surface area contributed by atoms with Crippen LogP contribution in [0.15, 0.2) is 29.3 Å². The summed E-state index contributed by atoms with van der Waals surface area (Å²) in [5.41, 5.74) is 6.34. The molecule has 0 saturated carbocycles. The van der Waals surface area contributed by atoms with Crippen molar-refractivity contribution >= 4 is 50.5 Å². The quantitative estimate of drug-likeness (QED) is 0.538. The number of halogens is 1. The fourth-order valence-corrected chi connectivity index (χ4v) is 2.75. The van der Waals surface area contributed by atoms with E-state index >= 15 is 0 Å². The summed E-state index contributed by atoms with van der Waals surface area (Å²) in [6.07, 6.45) is 0. The highest BCUT2D eigenvalue weighted by Gasteiger charge is 2.12. The van der Waals surface area contributed by atoms with Crippen molar-refractivity contribution in [3.05, 3.63) is 29.1 Å². The van der Waals surface area contributed by atoms with E-state index < -0.39 is 0 Å². The molecule has 2 aromatic rings. The molecule has 0 aliphatic heterocycles. The Labute approximate surface area is 120 Å². The van der Waals surface area contributed by atoms with Gasteiger partial charge >= 0.3 is 0 Å². The van der Waals surface area contributed by atoms with Crippen LogP contribution in [0.5, 0.6) is 0 Å². The van der Waals surface area contributed by atoms with Crippen molar-refractivity contribution in [1.82, 2.24) is 4.90 Å². The number of rotatable bonds is 3. The molecule has 1 amide bonds. The molecule has 1 heterocycles. The third-order valence-electron chi connectivity index (χ3n) is 2.53. The number of carbonyl (C=O) groups is 1. The van der Waals surface area contributed by atoms with Crippen LogP contribution in [-0.4, -0.2) is 36.6 Å². The minimum absolute atomic E-state index is 0.00604. The second-order valence-electron chi connectivity index (χ2n) is 4.27. The fraction of sp³-hybridized carbons (Fsp3) is 0.231. The molecular formula is C13H14ClN3OS. The number of aliphatic imine (C=N–C) groups is 1. The third-order valence-corrected chi connectivity index (χ3v) is 3.90. The van der Waals surface area contributed by atoms with Crippen LogP contribution in [0.3, 0.4) is 0 Å². The topological polar surface area (TPSA) is 58.7 Å². The molecule has 6 heteroatoms. The molecule has 2 N–H and O–H groups in total. The highest BCUT2D eigenvalue weighted by Crippen LogP contribution is 2.29. The molecule has 19 heavy (non-hydrogen) atoms. The molecule has 0 atom stereocenters. The van der Waals surface area contributed by atoms with Crippen LogP contribution < -0.4 is 5.73 Å². The highest BCUT2D eigenvalue weighted by molar-refractivity contribution is 7.20. The van der Waals surface area contributed by atoms with E-state index in [1.807, 2.05) is 24.3 Å². The van der Waals surface area contributed by atoms with Crippen LogP contribution in [0.25, 0.3) is 10.1 Å². The van der Waals surface area contributed by atoms with Crippen molar-refractivity contribution in [1.29, 1.82) is 0 Å². The predicted molar refractivity (Wildman–Crippen MR) is 81.8 cm³/mol. The maximum atomic E-state index is 11.9. The van der Waals surface area contributed by atoms with E-state index in [2.05, 4.69) is 4.99 Å². The number of alkyl halides is 1. The van der Waals surface area contributed by atoms with E-state index in [0.717, 1.165) is 15.8 Å². The normalized spacial score (nSPS) is 11.8. The van der Waals surface area contributed by atoms with Crippen molar-refractivity contribution < 1.29 is 4.79 Å². The van der Waals surface area contributed by atoms with Gasteiger partial charge in [-0.1, -0.05) is 0 Å². The Bertz CT molecular complexity index is 648.